The molecule has 18 heavy (non-hydrogen) atoms. The monoisotopic (exact) mass is 247 g/mol. The van der Waals surface area contributed by atoms with Crippen LogP contribution in [0.25, 0.3) is 0 Å². The van der Waals surface area contributed by atoms with Gasteiger partial charge < -0.3 is 14.8 Å². The summed E-state index contributed by atoms with van der Waals surface area (Å²) in [4.78, 5) is 0. The van der Waals surface area contributed by atoms with E-state index < -0.39 is 0 Å². The molecule has 3 nitrogen and oxygen atoms in total. The molecule has 0 saturated carbocycles. The van der Waals surface area contributed by atoms with E-state index in [9.17, 15) is 0 Å². The van der Waals surface area contributed by atoms with Gasteiger partial charge in [-0.3, -0.25) is 0 Å². The van der Waals surface area contributed by atoms with Crippen LogP contribution in [0.5, 0.6) is 11.5 Å². The van der Waals surface area contributed by atoms with Crippen molar-refractivity contribution in [3.63, 3.8) is 0 Å². The van der Waals surface area contributed by atoms with Crippen LogP contribution in [-0.4, -0.2) is 19.8 Å². The number of fused-ring (bicyclic) bond motifs is 1. The van der Waals surface area contributed by atoms with Crippen molar-refractivity contribution in [1.29, 1.82) is 0 Å². The molecule has 0 aromatic heterocycles. The molecule has 1 fully saturated rings. The van der Waals surface area contributed by atoms with E-state index in [1.54, 1.807) is 0 Å². The average Bonchev–Trinajstić information content (AvgIpc) is 2.83. The summed E-state index contributed by atoms with van der Waals surface area (Å²) in [7, 11) is 0. The average molecular weight is 247 g/mol. The molecule has 2 aliphatic heterocycles. The smallest absolute Gasteiger partial charge is 0.161 e. The SMILES string of the molecule is CC1(C)COc2ccc(C3CCCN3)cc2OC1. The molecule has 2 heterocycles. The number of rotatable bonds is 1. The fourth-order valence-corrected chi connectivity index (χ4v) is 2.53. The summed E-state index contributed by atoms with van der Waals surface area (Å²) >= 11 is 0. The lowest BCUT2D eigenvalue weighted by molar-refractivity contribution is 0.140. The molecular weight excluding hydrogens is 226 g/mol. The Kier molecular flexibility index (Phi) is 2.94. The quantitative estimate of drug-likeness (QED) is 0.827. The third kappa shape index (κ3) is 2.32. The van der Waals surface area contributed by atoms with E-state index in [2.05, 4.69) is 31.3 Å². The lowest BCUT2D eigenvalue weighted by Crippen LogP contribution is -2.26. The summed E-state index contributed by atoms with van der Waals surface area (Å²) in [6.07, 6.45) is 2.47. The first kappa shape index (κ1) is 11.8. The Morgan fingerprint density at radius 3 is 2.67 bits per heavy atom. The van der Waals surface area contributed by atoms with Crippen LogP contribution in [0, 0.1) is 5.41 Å². The molecule has 0 radical (unpaired) electrons. The molecule has 98 valence electrons. The zero-order valence-corrected chi connectivity index (χ0v) is 11.2. The van der Waals surface area contributed by atoms with E-state index in [0.717, 1.165) is 18.0 Å². The molecular formula is C15H21NO2. The summed E-state index contributed by atoms with van der Waals surface area (Å²) < 4.78 is 11.7. The van der Waals surface area contributed by atoms with Crippen LogP contribution in [0.15, 0.2) is 18.2 Å². The highest BCUT2D eigenvalue weighted by atomic mass is 16.5. The van der Waals surface area contributed by atoms with Gasteiger partial charge in [0.05, 0.1) is 13.2 Å². The molecule has 1 aromatic rings. The first-order chi connectivity index (χ1) is 8.64. The normalized spacial score (nSPS) is 25.8. The van der Waals surface area contributed by atoms with Crippen molar-refractivity contribution >= 4 is 0 Å². The van der Waals surface area contributed by atoms with E-state index in [4.69, 9.17) is 9.47 Å². The highest BCUT2D eigenvalue weighted by Crippen LogP contribution is 2.36. The predicted molar refractivity (Wildman–Crippen MR) is 71.2 cm³/mol. The number of nitrogens with one attached hydrogen (secondary N) is 1. The molecule has 1 aromatic carbocycles. The third-order valence-corrected chi connectivity index (χ3v) is 3.67. The minimum atomic E-state index is 0.0742. The van der Waals surface area contributed by atoms with Crippen LogP contribution in [0.1, 0.15) is 38.3 Å². The minimum absolute atomic E-state index is 0.0742. The fraction of sp³-hybridized carbons (Fsp3) is 0.600. The van der Waals surface area contributed by atoms with Crippen LogP contribution in [-0.2, 0) is 0 Å². The first-order valence-corrected chi connectivity index (χ1v) is 6.77. The van der Waals surface area contributed by atoms with Gasteiger partial charge in [-0.1, -0.05) is 19.9 Å². The van der Waals surface area contributed by atoms with Gasteiger partial charge in [0.15, 0.2) is 11.5 Å². The Bertz CT molecular complexity index is 436. The second-order valence-electron chi connectivity index (χ2n) is 6.10. The van der Waals surface area contributed by atoms with Gasteiger partial charge in [0.25, 0.3) is 0 Å². The second kappa shape index (κ2) is 4.47. The zero-order chi connectivity index (χ0) is 12.6. The maximum Gasteiger partial charge on any atom is 0.161 e. The van der Waals surface area contributed by atoms with Gasteiger partial charge in [0, 0.05) is 11.5 Å². The fourth-order valence-electron chi connectivity index (χ4n) is 2.53. The number of hydrogen-bond acceptors (Lipinski definition) is 3. The highest BCUT2D eigenvalue weighted by molar-refractivity contribution is 5.44. The Balaban J connectivity index is 1.85. The van der Waals surface area contributed by atoms with Crippen molar-refractivity contribution in [3.05, 3.63) is 23.8 Å². The van der Waals surface area contributed by atoms with Crippen molar-refractivity contribution < 1.29 is 9.47 Å². The van der Waals surface area contributed by atoms with Crippen molar-refractivity contribution in [3.8, 4) is 11.5 Å². The Morgan fingerprint density at radius 2 is 1.94 bits per heavy atom. The van der Waals surface area contributed by atoms with Gasteiger partial charge in [-0.2, -0.15) is 0 Å². The maximum absolute atomic E-state index is 5.91. The lowest BCUT2D eigenvalue weighted by Gasteiger charge is -2.19. The van der Waals surface area contributed by atoms with Crippen LogP contribution in [0.2, 0.25) is 0 Å². The maximum atomic E-state index is 5.91. The molecule has 1 unspecified atom stereocenters. The molecule has 1 atom stereocenters. The van der Waals surface area contributed by atoms with Crippen LogP contribution < -0.4 is 14.8 Å². The zero-order valence-electron chi connectivity index (χ0n) is 11.2. The van der Waals surface area contributed by atoms with Crippen molar-refractivity contribution in [2.24, 2.45) is 5.41 Å². The molecule has 3 rings (SSSR count). The summed E-state index contributed by atoms with van der Waals surface area (Å²) in [5.41, 5.74) is 1.39. The summed E-state index contributed by atoms with van der Waals surface area (Å²) in [6.45, 7) is 6.87. The van der Waals surface area contributed by atoms with Crippen LogP contribution >= 0.6 is 0 Å². The Morgan fingerprint density at radius 1 is 1.17 bits per heavy atom. The largest absolute Gasteiger partial charge is 0.489 e. The van der Waals surface area contributed by atoms with E-state index in [-0.39, 0.29) is 5.41 Å². The van der Waals surface area contributed by atoms with Gasteiger partial charge >= 0.3 is 0 Å². The number of ether oxygens (including phenoxy) is 2. The first-order valence-electron chi connectivity index (χ1n) is 6.77. The topological polar surface area (TPSA) is 30.5 Å². The van der Waals surface area contributed by atoms with Crippen LogP contribution in [0.4, 0.5) is 0 Å². The molecule has 1 N–H and O–H groups in total. The lowest BCUT2D eigenvalue weighted by atomic mass is 9.97. The molecule has 0 amide bonds. The molecule has 0 aliphatic carbocycles. The predicted octanol–water partition coefficient (Wildman–Crippen LogP) is 2.91. The molecule has 0 spiro atoms. The highest BCUT2D eigenvalue weighted by Gasteiger charge is 2.26. The van der Waals surface area contributed by atoms with Crippen molar-refractivity contribution in [2.45, 2.75) is 32.7 Å². The van der Waals surface area contributed by atoms with E-state index in [0.29, 0.717) is 19.3 Å². The summed E-state index contributed by atoms with van der Waals surface area (Å²) in [5.74, 6) is 1.77. The third-order valence-electron chi connectivity index (χ3n) is 3.67. The summed E-state index contributed by atoms with van der Waals surface area (Å²) in [6, 6.07) is 6.82. The molecule has 3 heteroatoms. The van der Waals surface area contributed by atoms with E-state index in [1.807, 2.05) is 6.07 Å². The summed E-state index contributed by atoms with van der Waals surface area (Å²) in [5, 5.41) is 3.52. The number of benzene rings is 1. The van der Waals surface area contributed by atoms with E-state index >= 15 is 0 Å². The minimum Gasteiger partial charge on any atom is -0.489 e. The Hall–Kier alpha value is -1.22. The van der Waals surface area contributed by atoms with Gasteiger partial charge in [0.1, 0.15) is 0 Å². The van der Waals surface area contributed by atoms with Crippen LogP contribution in [0.3, 0.4) is 0 Å². The molecule has 1 saturated heterocycles. The van der Waals surface area contributed by atoms with Gasteiger partial charge in [-0.15, -0.1) is 0 Å². The molecule has 2 aliphatic rings. The van der Waals surface area contributed by atoms with Gasteiger partial charge in [0.2, 0.25) is 0 Å². The number of hydrogen-bond donors (Lipinski definition) is 1. The standard InChI is InChI=1S/C15H21NO2/c1-15(2)9-17-13-6-5-11(8-14(13)18-10-15)12-4-3-7-16-12/h5-6,8,12,16H,3-4,7,9-10H2,1-2H3. The van der Waals surface area contributed by atoms with Gasteiger partial charge in [-0.25, -0.2) is 0 Å². The van der Waals surface area contributed by atoms with E-state index in [1.165, 1.54) is 18.4 Å². The van der Waals surface area contributed by atoms with Gasteiger partial charge in [-0.05, 0) is 37.1 Å². The second-order valence-corrected chi connectivity index (χ2v) is 6.10. The van der Waals surface area contributed by atoms with Crippen molar-refractivity contribution in [2.75, 3.05) is 19.8 Å². The van der Waals surface area contributed by atoms with Crippen molar-refractivity contribution in [1.82, 2.24) is 5.32 Å². The Labute approximate surface area is 108 Å². The molecule has 0 bridgehead atoms.